The van der Waals surface area contributed by atoms with Crippen LogP contribution < -0.4 is 5.32 Å². The lowest BCUT2D eigenvalue weighted by Crippen LogP contribution is -2.26. The number of nitrogens with one attached hydrogen (secondary N) is 1. The molecule has 0 aromatic heterocycles. The minimum absolute atomic E-state index is 0.0723. The molecule has 0 aliphatic heterocycles. The van der Waals surface area contributed by atoms with Crippen molar-refractivity contribution in [3.8, 4) is 0 Å². The number of aryl methyl sites for hydroxylation is 1. The van der Waals surface area contributed by atoms with Crippen molar-refractivity contribution in [2.45, 2.75) is 6.92 Å². The summed E-state index contributed by atoms with van der Waals surface area (Å²) in [5.74, 6) is -0.212. The number of hydrogen-bond donors (Lipinski definition) is 1. The molecule has 0 atom stereocenters. The maximum absolute atomic E-state index is 11.8. The molecule has 0 spiro atoms. The number of rotatable bonds is 3. The number of hydrogen-bond acceptors (Lipinski definition) is 1. The van der Waals surface area contributed by atoms with E-state index in [1.165, 1.54) is 0 Å². The molecule has 1 aromatic rings. The number of halogens is 2. The van der Waals surface area contributed by atoms with Crippen LogP contribution in [0.15, 0.2) is 18.2 Å². The first-order chi connectivity index (χ1) is 6.66. The average Bonchev–Trinajstić information content (AvgIpc) is 2.18. The van der Waals surface area contributed by atoms with Gasteiger partial charge in [-0.15, -0.1) is 0 Å². The predicted molar refractivity (Wildman–Crippen MR) is 62.2 cm³/mol. The van der Waals surface area contributed by atoms with Gasteiger partial charge in [-0.05, 0) is 41.1 Å². The third-order valence-corrected chi connectivity index (χ3v) is 3.25. The highest BCUT2D eigenvalue weighted by atomic mass is 127. The molecule has 0 radical (unpaired) electrons. The third-order valence-electron chi connectivity index (χ3n) is 1.82. The monoisotopic (exact) mass is 307 g/mol. The Labute approximate surface area is 96.0 Å². The highest BCUT2D eigenvalue weighted by Gasteiger charge is 2.09. The molecule has 0 fully saturated rings. The lowest BCUT2D eigenvalue weighted by atomic mass is 10.1. The molecule has 0 bridgehead atoms. The second kappa shape index (κ2) is 5.29. The van der Waals surface area contributed by atoms with Crippen LogP contribution in [0.1, 0.15) is 15.9 Å². The summed E-state index contributed by atoms with van der Waals surface area (Å²) >= 11 is 2.12. The van der Waals surface area contributed by atoms with Gasteiger partial charge in [-0.2, -0.15) is 0 Å². The van der Waals surface area contributed by atoms with Gasteiger partial charge in [0.15, 0.2) is 0 Å². The molecule has 0 heterocycles. The fraction of sp³-hybridized carbons (Fsp3) is 0.300. The van der Waals surface area contributed by atoms with E-state index in [-0.39, 0.29) is 12.5 Å². The second-order valence-electron chi connectivity index (χ2n) is 2.88. The van der Waals surface area contributed by atoms with Gasteiger partial charge in [-0.3, -0.25) is 4.79 Å². The molecule has 1 rings (SSSR count). The Hall–Kier alpha value is -0.650. The smallest absolute Gasteiger partial charge is 0.252 e. The average molecular weight is 307 g/mol. The molecule has 0 saturated carbocycles. The van der Waals surface area contributed by atoms with Gasteiger partial charge in [0.2, 0.25) is 0 Å². The molecular formula is C10H11FINO. The Morgan fingerprint density at radius 2 is 2.29 bits per heavy atom. The summed E-state index contributed by atoms with van der Waals surface area (Å²) in [5.41, 5.74) is 1.66. The van der Waals surface area contributed by atoms with Gasteiger partial charge in [-0.1, -0.05) is 12.1 Å². The zero-order valence-electron chi connectivity index (χ0n) is 7.81. The SMILES string of the molecule is Cc1cccc(C(=O)NCCF)c1I. The molecular weight excluding hydrogens is 296 g/mol. The van der Waals surface area contributed by atoms with Crippen molar-refractivity contribution in [3.05, 3.63) is 32.9 Å². The quantitative estimate of drug-likeness (QED) is 0.853. The fourth-order valence-corrected chi connectivity index (χ4v) is 1.68. The van der Waals surface area contributed by atoms with Crippen LogP contribution in [0.3, 0.4) is 0 Å². The lowest BCUT2D eigenvalue weighted by Gasteiger charge is -2.06. The van der Waals surface area contributed by atoms with Crippen LogP contribution in [-0.4, -0.2) is 19.1 Å². The Morgan fingerprint density at radius 3 is 2.93 bits per heavy atom. The largest absolute Gasteiger partial charge is 0.349 e. The number of alkyl halides is 1. The van der Waals surface area contributed by atoms with E-state index >= 15 is 0 Å². The highest BCUT2D eigenvalue weighted by molar-refractivity contribution is 14.1. The maximum Gasteiger partial charge on any atom is 0.252 e. The Morgan fingerprint density at radius 1 is 1.57 bits per heavy atom. The van der Waals surface area contributed by atoms with Crippen LogP contribution in [0.5, 0.6) is 0 Å². The van der Waals surface area contributed by atoms with Crippen molar-refractivity contribution in [1.29, 1.82) is 0 Å². The lowest BCUT2D eigenvalue weighted by molar-refractivity contribution is 0.0950. The normalized spacial score (nSPS) is 9.93. The number of benzene rings is 1. The first-order valence-electron chi connectivity index (χ1n) is 4.26. The highest BCUT2D eigenvalue weighted by Crippen LogP contribution is 2.16. The topological polar surface area (TPSA) is 29.1 Å². The van der Waals surface area contributed by atoms with Gasteiger partial charge in [-0.25, -0.2) is 4.39 Å². The molecule has 1 aromatic carbocycles. The van der Waals surface area contributed by atoms with E-state index in [0.29, 0.717) is 5.56 Å². The van der Waals surface area contributed by atoms with Crippen molar-refractivity contribution < 1.29 is 9.18 Å². The fourth-order valence-electron chi connectivity index (χ4n) is 1.08. The molecule has 2 nitrogen and oxygen atoms in total. The molecule has 14 heavy (non-hydrogen) atoms. The van der Waals surface area contributed by atoms with Crippen LogP contribution in [0.2, 0.25) is 0 Å². The van der Waals surface area contributed by atoms with Crippen LogP contribution >= 0.6 is 22.6 Å². The van der Waals surface area contributed by atoms with Crippen molar-refractivity contribution in [2.24, 2.45) is 0 Å². The minimum Gasteiger partial charge on any atom is -0.349 e. The van der Waals surface area contributed by atoms with Crippen molar-refractivity contribution in [1.82, 2.24) is 5.32 Å². The van der Waals surface area contributed by atoms with Gasteiger partial charge < -0.3 is 5.32 Å². The van der Waals surface area contributed by atoms with Crippen molar-refractivity contribution in [3.63, 3.8) is 0 Å². The minimum atomic E-state index is -0.534. The predicted octanol–water partition coefficient (Wildman–Crippen LogP) is 2.30. The van der Waals surface area contributed by atoms with Gasteiger partial charge in [0.05, 0.1) is 5.56 Å². The third kappa shape index (κ3) is 2.67. The maximum atomic E-state index is 11.8. The van der Waals surface area contributed by atoms with E-state index in [1.54, 1.807) is 6.07 Å². The Kier molecular flexibility index (Phi) is 4.31. The van der Waals surface area contributed by atoms with Gasteiger partial charge >= 0.3 is 0 Å². The summed E-state index contributed by atoms with van der Waals surface area (Å²) in [6.45, 7) is 1.48. The van der Waals surface area contributed by atoms with Crippen LogP contribution in [0.25, 0.3) is 0 Å². The zero-order chi connectivity index (χ0) is 10.6. The Bertz CT molecular complexity index is 341. The molecule has 76 valence electrons. The van der Waals surface area contributed by atoms with E-state index in [9.17, 15) is 9.18 Å². The second-order valence-corrected chi connectivity index (χ2v) is 3.96. The van der Waals surface area contributed by atoms with Crippen molar-refractivity contribution >= 4 is 28.5 Å². The summed E-state index contributed by atoms with van der Waals surface area (Å²) < 4.78 is 12.8. The van der Waals surface area contributed by atoms with Crippen LogP contribution in [-0.2, 0) is 0 Å². The molecule has 0 unspecified atom stereocenters. The van der Waals surface area contributed by atoms with E-state index in [0.717, 1.165) is 9.13 Å². The summed E-state index contributed by atoms with van der Waals surface area (Å²) in [4.78, 5) is 11.5. The molecule has 1 amide bonds. The molecule has 0 aliphatic rings. The van der Waals surface area contributed by atoms with E-state index in [4.69, 9.17) is 0 Å². The number of carbonyl (C=O) groups excluding carboxylic acids is 1. The summed E-state index contributed by atoms with van der Waals surface area (Å²) in [5, 5.41) is 2.50. The van der Waals surface area contributed by atoms with Gasteiger partial charge in [0.1, 0.15) is 6.67 Å². The van der Waals surface area contributed by atoms with E-state index in [2.05, 4.69) is 27.9 Å². The zero-order valence-corrected chi connectivity index (χ0v) is 9.97. The van der Waals surface area contributed by atoms with Crippen LogP contribution in [0, 0.1) is 10.5 Å². The van der Waals surface area contributed by atoms with Gasteiger partial charge in [0, 0.05) is 10.1 Å². The summed E-state index contributed by atoms with van der Waals surface area (Å²) in [6.07, 6.45) is 0. The first-order valence-corrected chi connectivity index (χ1v) is 5.34. The first kappa shape index (κ1) is 11.4. The van der Waals surface area contributed by atoms with E-state index in [1.807, 2.05) is 19.1 Å². The number of carbonyl (C=O) groups is 1. The Balaban J connectivity index is 2.84. The standard InChI is InChI=1S/C10H11FINO/c1-7-3-2-4-8(9(7)12)10(14)13-6-5-11/h2-4H,5-6H2,1H3,(H,13,14). The number of amides is 1. The molecule has 0 aliphatic carbocycles. The van der Waals surface area contributed by atoms with Crippen LogP contribution in [0.4, 0.5) is 4.39 Å². The summed E-state index contributed by atoms with van der Waals surface area (Å²) in [6, 6.07) is 5.50. The summed E-state index contributed by atoms with van der Waals surface area (Å²) in [7, 11) is 0. The van der Waals surface area contributed by atoms with E-state index < -0.39 is 6.67 Å². The van der Waals surface area contributed by atoms with Crippen molar-refractivity contribution in [2.75, 3.05) is 13.2 Å². The molecule has 0 saturated heterocycles. The molecule has 1 N–H and O–H groups in total. The molecule has 4 heteroatoms. The van der Waals surface area contributed by atoms with Gasteiger partial charge in [0.25, 0.3) is 5.91 Å².